The summed E-state index contributed by atoms with van der Waals surface area (Å²) in [4.78, 5) is 34.1. The van der Waals surface area contributed by atoms with Gasteiger partial charge in [-0.15, -0.1) is 0 Å². The minimum Gasteiger partial charge on any atom is -0.497 e. The van der Waals surface area contributed by atoms with Gasteiger partial charge in [0.25, 0.3) is 0 Å². The number of carbonyl (C=O) groups is 2. The summed E-state index contributed by atoms with van der Waals surface area (Å²) in [6.45, 7) is 0.314. The number of aromatic amines is 1. The highest BCUT2D eigenvalue weighted by atomic mass is 16.5. The van der Waals surface area contributed by atoms with Crippen LogP contribution < -0.4 is 4.74 Å². The Morgan fingerprint density at radius 3 is 2.64 bits per heavy atom. The fourth-order valence-corrected chi connectivity index (χ4v) is 5.18. The Morgan fingerprint density at radius 1 is 1.06 bits per heavy atom. The molecule has 0 bridgehead atoms. The third-order valence-electron chi connectivity index (χ3n) is 6.70. The van der Waals surface area contributed by atoms with E-state index in [2.05, 4.69) is 11.1 Å². The summed E-state index contributed by atoms with van der Waals surface area (Å²) < 4.78 is 10.8. The number of nitrogens with one attached hydrogen (secondary N) is 1. The Balaban J connectivity index is 1.47. The van der Waals surface area contributed by atoms with Crippen LogP contribution in [0.2, 0.25) is 0 Å². The van der Waals surface area contributed by atoms with Gasteiger partial charge in [0, 0.05) is 23.0 Å². The fraction of sp³-hybridized carbons (Fsp3) is 0.231. The molecule has 0 spiro atoms. The van der Waals surface area contributed by atoms with Crippen LogP contribution in [0.4, 0.5) is 0 Å². The first kappa shape index (κ1) is 19.7. The van der Waals surface area contributed by atoms with E-state index in [1.54, 1.807) is 29.2 Å². The first-order valence-electron chi connectivity index (χ1n) is 11.0. The molecular formula is C26H23N3O4. The topological polar surface area (TPSA) is 78.8 Å². The maximum atomic E-state index is 13.6. The second kappa shape index (κ2) is 7.55. The maximum absolute atomic E-state index is 13.6. The molecular weight excluding hydrogens is 418 g/mol. The molecule has 33 heavy (non-hydrogen) atoms. The number of hydrogen-bond donors (Lipinski definition) is 1. The number of benzene rings is 2. The van der Waals surface area contributed by atoms with E-state index in [0.29, 0.717) is 12.2 Å². The second-order valence-corrected chi connectivity index (χ2v) is 8.53. The van der Waals surface area contributed by atoms with Crippen LogP contribution in [0.15, 0.2) is 71.3 Å². The number of amides is 2. The number of H-pyrrole nitrogens is 1. The quantitative estimate of drug-likeness (QED) is 0.524. The van der Waals surface area contributed by atoms with E-state index in [1.165, 1.54) is 0 Å². The van der Waals surface area contributed by atoms with Crippen LogP contribution in [-0.2, 0) is 22.6 Å². The van der Waals surface area contributed by atoms with Gasteiger partial charge in [-0.25, -0.2) is 0 Å². The van der Waals surface area contributed by atoms with E-state index in [0.717, 1.165) is 33.5 Å². The molecule has 0 radical (unpaired) electrons. The summed E-state index contributed by atoms with van der Waals surface area (Å²) in [6.07, 6.45) is 2.06. The lowest BCUT2D eigenvalue weighted by Gasteiger charge is -2.47. The van der Waals surface area contributed by atoms with Crippen molar-refractivity contribution in [1.82, 2.24) is 14.8 Å². The molecule has 6 rings (SSSR count). The molecule has 7 heteroatoms. The molecule has 1 N–H and O–H groups in total. The van der Waals surface area contributed by atoms with Crippen molar-refractivity contribution in [3.05, 3.63) is 89.5 Å². The lowest BCUT2D eigenvalue weighted by molar-refractivity contribution is -0.159. The zero-order valence-electron chi connectivity index (χ0n) is 18.2. The molecule has 1 fully saturated rings. The number of rotatable bonds is 4. The van der Waals surface area contributed by atoms with Crippen LogP contribution in [0.25, 0.3) is 10.9 Å². The van der Waals surface area contributed by atoms with E-state index in [4.69, 9.17) is 9.15 Å². The minimum atomic E-state index is -0.569. The van der Waals surface area contributed by atoms with Gasteiger partial charge in [0.15, 0.2) is 0 Å². The van der Waals surface area contributed by atoms with Crippen LogP contribution in [0.1, 0.15) is 28.6 Å². The van der Waals surface area contributed by atoms with Crippen molar-refractivity contribution >= 4 is 22.7 Å². The Bertz CT molecular complexity index is 1340. The molecule has 166 valence electrons. The van der Waals surface area contributed by atoms with E-state index in [1.807, 2.05) is 48.5 Å². The summed E-state index contributed by atoms with van der Waals surface area (Å²) in [7, 11) is 1.63. The molecule has 2 aromatic heterocycles. The van der Waals surface area contributed by atoms with Gasteiger partial charge in [-0.2, -0.15) is 0 Å². The number of piperazine rings is 1. The highest BCUT2D eigenvalue weighted by Gasteiger charge is 2.48. The van der Waals surface area contributed by atoms with Crippen LogP contribution in [-0.4, -0.2) is 46.3 Å². The normalized spacial score (nSPS) is 20.2. The highest BCUT2D eigenvalue weighted by Crippen LogP contribution is 2.42. The molecule has 0 aliphatic carbocycles. The molecule has 2 aromatic carbocycles. The van der Waals surface area contributed by atoms with Crippen LogP contribution in [0.3, 0.4) is 0 Å². The summed E-state index contributed by atoms with van der Waals surface area (Å²) in [5.41, 5.74) is 4.01. The van der Waals surface area contributed by atoms with Gasteiger partial charge in [-0.05, 0) is 41.5 Å². The minimum absolute atomic E-state index is 0.0260. The summed E-state index contributed by atoms with van der Waals surface area (Å²) in [5.74, 6) is 1.28. The molecule has 2 amide bonds. The van der Waals surface area contributed by atoms with E-state index in [-0.39, 0.29) is 30.9 Å². The number of hydrogen-bond acceptors (Lipinski definition) is 4. The molecule has 0 unspecified atom stereocenters. The second-order valence-electron chi connectivity index (χ2n) is 8.53. The van der Waals surface area contributed by atoms with Crippen LogP contribution >= 0.6 is 0 Å². The fourth-order valence-electron chi connectivity index (χ4n) is 5.18. The van der Waals surface area contributed by atoms with E-state index < -0.39 is 6.04 Å². The number of fused-ring (bicyclic) bond motifs is 4. The zero-order valence-corrected chi connectivity index (χ0v) is 18.2. The molecule has 0 saturated carbocycles. The number of furan rings is 1. The number of ether oxygens (including phenoxy) is 1. The Labute approximate surface area is 190 Å². The van der Waals surface area contributed by atoms with Crippen molar-refractivity contribution in [3.8, 4) is 5.75 Å². The van der Waals surface area contributed by atoms with Gasteiger partial charge in [0.2, 0.25) is 11.8 Å². The number of methoxy groups -OCH3 is 1. The Kier molecular flexibility index (Phi) is 4.50. The third-order valence-corrected chi connectivity index (χ3v) is 6.70. The molecule has 4 heterocycles. The average Bonchev–Trinajstić information content (AvgIpc) is 3.49. The van der Waals surface area contributed by atoms with Crippen LogP contribution in [0.5, 0.6) is 5.75 Å². The van der Waals surface area contributed by atoms with E-state index in [9.17, 15) is 9.59 Å². The van der Waals surface area contributed by atoms with Crippen LogP contribution in [0, 0.1) is 0 Å². The first-order chi connectivity index (χ1) is 16.1. The number of aromatic nitrogens is 1. The molecule has 2 aliphatic heterocycles. The molecule has 1 saturated heterocycles. The standard InChI is InChI=1S/C26H23N3O4/c1-32-17-10-8-16(9-11-17)25-24-20(19-6-2-3-7-21(19)27-24)13-22-26(31)28(15-23(30)29(22)25)14-18-5-4-12-33-18/h2-12,22,25,27H,13-15H2,1H3/t22-,25-/m0/s1. The van der Waals surface area contributed by atoms with Gasteiger partial charge < -0.3 is 23.9 Å². The Morgan fingerprint density at radius 2 is 1.88 bits per heavy atom. The summed E-state index contributed by atoms with van der Waals surface area (Å²) in [5, 5.41) is 1.09. The average molecular weight is 441 g/mol. The molecule has 7 nitrogen and oxygen atoms in total. The van der Waals surface area contributed by atoms with E-state index >= 15 is 0 Å². The predicted molar refractivity (Wildman–Crippen MR) is 122 cm³/mol. The number of carbonyl (C=O) groups excluding carboxylic acids is 2. The lowest BCUT2D eigenvalue weighted by atomic mass is 9.86. The largest absolute Gasteiger partial charge is 0.497 e. The van der Waals surface area contributed by atoms with Crippen molar-refractivity contribution in [3.63, 3.8) is 0 Å². The molecule has 2 aliphatic rings. The highest BCUT2D eigenvalue weighted by molar-refractivity contribution is 5.97. The zero-order chi connectivity index (χ0) is 22.5. The van der Waals surface area contributed by atoms with Crippen molar-refractivity contribution in [2.24, 2.45) is 0 Å². The monoisotopic (exact) mass is 441 g/mol. The van der Waals surface area contributed by atoms with Crippen molar-refractivity contribution < 1.29 is 18.7 Å². The predicted octanol–water partition coefficient (Wildman–Crippen LogP) is 3.65. The third kappa shape index (κ3) is 3.11. The molecule has 4 aromatic rings. The van der Waals surface area contributed by atoms with Crippen molar-refractivity contribution in [2.75, 3.05) is 13.7 Å². The number of para-hydroxylation sites is 1. The summed E-state index contributed by atoms with van der Waals surface area (Å²) in [6, 6.07) is 18.5. The van der Waals surface area contributed by atoms with Gasteiger partial charge in [-0.1, -0.05) is 30.3 Å². The van der Waals surface area contributed by atoms with Gasteiger partial charge >= 0.3 is 0 Å². The molecule has 2 atom stereocenters. The summed E-state index contributed by atoms with van der Waals surface area (Å²) >= 11 is 0. The van der Waals surface area contributed by atoms with Crippen molar-refractivity contribution in [2.45, 2.75) is 25.0 Å². The number of nitrogens with zero attached hydrogens (tertiary/aromatic N) is 2. The smallest absolute Gasteiger partial charge is 0.246 e. The lowest BCUT2D eigenvalue weighted by Crippen LogP contribution is -2.62. The first-order valence-corrected chi connectivity index (χ1v) is 11.0. The maximum Gasteiger partial charge on any atom is 0.246 e. The van der Waals surface area contributed by atoms with Gasteiger partial charge in [0.1, 0.15) is 24.1 Å². The van der Waals surface area contributed by atoms with Gasteiger partial charge in [-0.3, -0.25) is 9.59 Å². The Hall–Kier alpha value is -4.00. The van der Waals surface area contributed by atoms with Gasteiger partial charge in [0.05, 0.1) is 26.0 Å². The SMILES string of the molecule is COc1ccc([C@H]2c3[nH]c4ccccc4c3C[C@H]3C(=O)N(Cc4ccco4)CC(=O)N23)cc1. The van der Waals surface area contributed by atoms with Crippen molar-refractivity contribution in [1.29, 1.82) is 0 Å².